The molecule has 150 valence electrons. The first kappa shape index (κ1) is 23.9. The second-order valence-corrected chi connectivity index (χ2v) is 8.25. The molecule has 0 radical (unpaired) electrons. The summed E-state index contributed by atoms with van der Waals surface area (Å²) in [5.41, 5.74) is -5.65. The third kappa shape index (κ3) is 12.0. The van der Waals surface area contributed by atoms with Crippen molar-refractivity contribution in [3.63, 3.8) is 0 Å². The van der Waals surface area contributed by atoms with Crippen molar-refractivity contribution in [3.05, 3.63) is 12.4 Å². The van der Waals surface area contributed by atoms with Crippen molar-refractivity contribution < 1.29 is 39.1 Å². The van der Waals surface area contributed by atoms with E-state index in [1.165, 1.54) is 12.8 Å². The molecule has 0 aromatic heterocycles. The van der Waals surface area contributed by atoms with Crippen LogP contribution in [0.25, 0.3) is 0 Å². The van der Waals surface area contributed by atoms with Gasteiger partial charge in [0.2, 0.25) is 0 Å². The predicted molar refractivity (Wildman–Crippen MR) is 83.7 cm³/mol. The Morgan fingerprint density at radius 2 is 1.48 bits per heavy atom. The smallest absolute Gasteiger partial charge is 0.485 e. The van der Waals surface area contributed by atoms with E-state index in [4.69, 9.17) is 17.5 Å². The molecule has 1 heterocycles. The lowest BCUT2D eigenvalue weighted by atomic mass is 10.3. The van der Waals surface area contributed by atoms with Gasteiger partial charge >= 0.3 is 5.51 Å². The molecule has 1 N–H and O–H groups in total. The van der Waals surface area contributed by atoms with E-state index in [0.717, 1.165) is 26.2 Å². The van der Waals surface area contributed by atoms with Crippen molar-refractivity contribution >= 4 is 20.2 Å². The average Bonchev–Trinajstić information content (AvgIpc) is 2.87. The Morgan fingerprint density at radius 1 is 1.04 bits per heavy atom. The van der Waals surface area contributed by atoms with E-state index in [0.29, 0.717) is 6.42 Å². The maximum Gasteiger partial charge on any atom is 0.485 e. The van der Waals surface area contributed by atoms with Crippen LogP contribution in [0.3, 0.4) is 0 Å². The lowest BCUT2D eigenvalue weighted by Gasteiger charge is -2.20. The Balaban J connectivity index is 0.000000609. The minimum atomic E-state index is -6.09. The number of alkyl halides is 3. The topological polar surface area (TPSA) is 118 Å². The van der Waals surface area contributed by atoms with Crippen LogP contribution in [0.4, 0.5) is 13.2 Å². The van der Waals surface area contributed by atoms with Crippen molar-refractivity contribution in [1.82, 2.24) is 9.80 Å². The maximum absolute atomic E-state index is 10.7. The highest BCUT2D eigenvalue weighted by Crippen LogP contribution is 2.20. The van der Waals surface area contributed by atoms with Crippen molar-refractivity contribution in [2.24, 2.45) is 0 Å². The van der Waals surface area contributed by atoms with Gasteiger partial charge in [0, 0.05) is 25.5 Å². The molecule has 1 aliphatic rings. The normalized spacial score (nSPS) is 15.3. The van der Waals surface area contributed by atoms with Crippen LogP contribution in [-0.2, 0) is 20.2 Å². The van der Waals surface area contributed by atoms with E-state index in [1.807, 2.05) is 6.20 Å². The van der Waals surface area contributed by atoms with Crippen LogP contribution in [0.15, 0.2) is 12.4 Å². The van der Waals surface area contributed by atoms with E-state index < -0.39 is 25.7 Å². The van der Waals surface area contributed by atoms with Crippen LogP contribution >= 0.6 is 0 Å². The van der Waals surface area contributed by atoms with Gasteiger partial charge < -0.3 is 14.4 Å². The van der Waals surface area contributed by atoms with E-state index in [2.05, 4.69) is 22.9 Å². The first-order valence-electron chi connectivity index (χ1n) is 7.40. The third-order valence-electron chi connectivity index (χ3n) is 3.03. The lowest BCUT2D eigenvalue weighted by molar-refractivity contribution is -0.0517. The second-order valence-electron chi connectivity index (χ2n) is 5.31. The van der Waals surface area contributed by atoms with Crippen molar-refractivity contribution in [2.45, 2.75) is 38.1 Å². The molecule has 0 aromatic carbocycles. The SMILES string of the molecule is CCCCN1C=CN(CCCCS(=O)(=O)O)C1.O=S(=O)([O-])C(F)(F)F. The summed E-state index contributed by atoms with van der Waals surface area (Å²) in [4.78, 5) is 4.42. The highest BCUT2D eigenvalue weighted by Gasteiger charge is 2.36. The quantitative estimate of drug-likeness (QED) is 0.363. The Labute approximate surface area is 145 Å². The largest absolute Gasteiger partial charge is 0.741 e. The van der Waals surface area contributed by atoms with Crippen LogP contribution in [-0.4, -0.2) is 66.8 Å². The van der Waals surface area contributed by atoms with Crippen molar-refractivity contribution in [3.8, 4) is 0 Å². The molecule has 0 bridgehead atoms. The van der Waals surface area contributed by atoms with Crippen LogP contribution < -0.4 is 0 Å². The Morgan fingerprint density at radius 3 is 1.84 bits per heavy atom. The average molecular weight is 411 g/mol. The van der Waals surface area contributed by atoms with Gasteiger partial charge in [0.1, 0.15) is 0 Å². The summed E-state index contributed by atoms with van der Waals surface area (Å²) < 4.78 is 88.5. The third-order valence-corrected chi connectivity index (χ3v) is 4.40. The van der Waals surface area contributed by atoms with Crippen LogP contribution in [0.1, 0.15) is 32.6 Å². The van der Waals surface area contributed by atoms with Gasteiger partial charge in [-0.25, -0.2) is 8.42 Å². The zero-order valence-corrected chi connectivity index (χ0v) is 15.3. The maximum atomic E-state index is 10.7. The van der Waals surface area contributed by atoms with E-state index in [9.17, 15) is 21.6 Å². The molecule has 25 heavy (non-hydrogen) atoms. The molecule has 13 heteroatoms. The number of hydrogen-bond acceptors (Lipinski definition) is 7. The number of nitrogens with zero attached hydrogens (tertiary/aromatic N) is 2. The van der Waals surface area contributed by atoms with Gasteiger partial charge in [0.05, 0.1) is 12.4 Å². The van der Waals surface area contributed by atoms with Gasteiger partial charge in [0.25, 0.3) is 10.1 Å². The first-order chi connectivity index (χ1) is 11.3. The molecular formula is C12H22F3N2O6S2-. The molecule has 0 fully saturated rings. The Hall–Kier alpha value is -1.05. The highest BCUT2D eigenvalue weighted by molar-refractivity contribution is 7.86. The minimum Gasteiger partial charge on any atom is -0.741 e. The van der Waals surface area contributed by atoms with Gasteiger partial charge in [-0.15, -0.1) is 0 Å². The van der Waals surface area contributed by atoms with Gasteiger partial charge in [-0.2, -0.15) is 21.6 Å². The summed E-state index contributed by atoms with van der Waals surface area (Å²) in [6, 6.07) is 0. The molecule has 1 rings (SSSR count). The fourth-order valence-corrected chi connectivity index (χ4v) is 2.34. The molecule has 0 spiro atoms. The molecule has 0 amide bonds. The molecule has 0 atom stereocenters. The standard InChI is InChI=1S/C11H22N2O3S.CHF3O3S/c1-2-3-6-12-8-9-13(11-12)7-4-5-10-17(14,15)16;2-1(3,4)8(5,6)7/h8-9H,2-7,10-11H2,1H3,(H,14,15,16);(H,5,6,7)/p-1. The summed E-state index contributed by atoms with van der Waals surface area (Å²) in [5.74, 6) is -0.135. The molecule has 0 aliphatic carbocycles. The summed E-state index contributed by atoms with van der Waals surface area (Å²) >= 11 is 0. The Bertz CT molecular complexity index is 619. The Kier molecular flexibility index (Phi) is 9.76. The van der Waals surface area contributed by atoms with Gasteiger partial charge in [-0.3, -0.25) is 4.55 Å². The van der Waals surface area contributed by atoms with E-state index >= 15 is 0 Å². The predicted octanol–water partition coefficient (Wildman–Crippen LogP) is 1.55. The monoisotopic (exact) mass is 411 g/mol. The fourth-order valence-electron chi connectivity index (χ4n) is 1.77. The molecular weight excluding hydrogens is 389 g/mol. The summed E-state index contributed by atoms with van der Waals surface area (Å²) in [5, 5.41) is 0. The van der Waals surface area contributed by atoms with Crippen LogP contribution in [0, 0.1) is 0 Å². The molecule has 0 saturated heterocycles. The number of rotatable bonds is 8. The lowest BCUT2D eigenvalue weighted by Crippen LogP contribution is -2.26. The van der Waals surface area contributed by atoms with Gasteiger partial charge in [-0.05, 0) is 19.3 Å². The van der Waals surface area contributed by atoms with E-state index in [1.54, 1.807) is 0 Å². The van der Waals surface area contributed by atoms with E-state index in [-0.39, 0.29) is 5.75 Å². The van der Waals surface area contributed by atoms with Crippen LogP contribution in [0.2, 0.25) is 0 Å². The summed E-state index contributed by atoms with van der Waals surface area (Å²) in [6.45, 7) is 4.99. The number of unbranched alkanes of at least 4 members (excludes halogenated alkanes) is 2. The molecule has 8 nitrogen and oxygen atoms in total. The number of halogens is 3. The second kappa shape index (κ2) is 10.2. The molecule has 1 aliphatic heterocycles. The van der Waals surface area contributed by atoms with Crippen LogP contribution in [0.5, 0.6) is 0 Å². The number of hydrogen-bond donors (Lipinski definition) is 1. The van der Waals surface area contributed by atoms with Gasteiger partial charge in [-0.1, -0.05) is 13.3 Å². The van der Waals surface area contributed by atoms with Crippen molar-refractivity contribution in [2.75, 3.05) is 25.5 Å². The minimum absolute atomic E-state index is 0.135. The summed E-state index contributed by atoms with van der Waals surface area (Å²) in [6.07, 6.45) is 7.81. The van der Waals surface area contributed by atoms with Crippen molar-refractivity contribution in [1.29, 1.82) is 0 Å². The van der Waals surface area contributed by atoms with Gasteiger partial charge in [0.15, 0.2) is 10.1 Å². The highest BCUT2D eigenvalue weighted by atomic mass is 32.2. The zero-order valence-electron chi connectivity index (χ0n) is 13.6. The molecule has 0 saturated carbocycles. The first-order valence-corrected chi connectivity index (χ1v) is 10.4. The zero-order chi connectivity index (χ0) is 19.7. The summed E-state index contributed by atoms with van der Waals surface area (Å²) in [7, 11) is -9.88. The molecule has 0 aromatic rings. The molecule has 0 unspecified atom stereocenters. The fraction of sp³-hybridized carbons (Fsp3) is 0.833.